The summed E-state index contributed by atoms with van der Waals surface area (Å²) in [5.41, 5.74) is -2.88. The Balaban J connectivity index is 1.49. The SMILES string of the molecule is C[C@@H](OC[C@H]1NCC(Nc2ncccn2)CCC2C=CC=CC21)c1cc(C(F)(F)F)cc(C(F)(F)F)c1. The minimum absolute atomic E-state index is 0.0281. The molecule has 37 heavy (non-hydrogen) atoms. The van der Waals surface area contributed by atoms with Crippen molar-refractivity contribution in [2.24, 2.45) is 11.8 Å². The largest absolute Gasteiger partial charge is 0.416 e. The molecule has 0 saturated carbocycles. The maximum atomic E-state index is 13.3. The van der Waals surface area contributed by atoms with Crippen molar-refractivity contribution in [1.29, 1.82) is 0 Å². The second-order valence-corrected chi connectivity index (χ2v) is 9.33. The van der Waals surface area contributed by atoms with Crippen LogP contribution in [0.4, 0.5) is 32.3 Å². The maximum absolute atomic E-state index is 13.3. The second-order valence-electron chi connectivity index (χ2n) is 9.33. The lowest BCUT2D eigenvalue weighted by molar-refractivity contribution is -0.143. The molecule has 1 saturated heterocycles. The molecule has 1 aliphatic carbocycles. The quantitative estimate of drug-likeness (QED) is 0.440. The summed E-state index contributed by atoms with van der Waals surface area (Å²) in [5, 5.41) is 6.80. The average Bonchev–Trinajstić information content (AvgIpc) is 2.85. The molecular weight excluding hydrogens is 498 g/mol. The number of rotatable bonds is 6. The van der Waals surface area contributed by atoms with Gasteiger partial charge in [-0.2, -0.15) is 26.3 Å². The Morgan fingerprint density at radius 3 is 2.27 bits per heavy atom. The fraction of sp³-hybridized carbons (Fsp3) is 0.462. The van der Waals surface area contributed by atoms with E-state index in [0.29, 0.717) is 12.5 Å². The lowest BCUT2D eigenvalue weighted by Crippen LogP contribution is -2.49. The van der Waals surface area contributed by atoms with Gasteiger partial charge in [-0.3, -0.25) is 0 Å². The smallest absolute Gasteiger partial charge is 0.372 e. The van der Waals surface area contributed by atoms with Crippen LogP contribution in [0.15, 0.2) is 61.0 Å². The lowest BCUT2D eigenvalue weighted by Gasteiger charge is -2.37. The third-order valence-electron chi connectivity index (χ3n) is 6.74. The van der Waals surface area contributed by atoms with Crippen molar-refractivity contribution >= 4 is 5.95 Å². The number of hydrogen-bond acceptors (Lipinski definition) is 5. The van der Waals surface area contributed by atoms with Crippen molar-refractivity contribution < 1.29 is 31.1 Å². The summed E-state index contributed by atoms with van der Waals surface area (Å²) < 4.78 is 85.6. The van der Waals surface area contributed by atoms with Crippen LogP contribution in [0.5, 0.6) is 0 Å². The van der Waals surface area contributed by atoms with E-state index in [4.69, 9.17) is 4.74 Å². The standard InChI is InChI=1S/C26H28F6N4O/c1-16(18-11-19(25(27,28)29)13-20(12-18)26(30,31)32)37-15-23-22-6-3-2-5-17(22)7-8-21(14-35-23)36-24-33-9-4-10-34-24/h2-6,9-13,16-17,21-23,35H,7-8,14-15H2,1H3,(H,33,34,36)/t16-,17?,21?,22?,23-/m1/s1. The Morgan fingerprint density at radius 1 is 0.973 bits per heavy atom. The van der Waals surface area contributed by atoms with E-state index in [2.05, 4.69) is 32.8 Å². The lowest BCUT2D eigenvalue weighted by atomic mass is 9.78. The molecular formula is C26H28F6N4O. The zero-order valence-electron chi connectivity index (χ0n) is 20.1. The van der Waals surface area contributed by atoms with Crippen molar-refractivity contribution in [3.05, 3.63) is 77.7 Å². The third kappa shape index (κ3) is 7.10. The summed E-state index contributed by atoms with van der Waals surface area (Å²) in [7, 11) is 0. The Hall–Kier alpha value is -2.92. The minimum atomic E-state index is -4.91. The van der Waals surface area contributed by atoms with Crippen LogP contribution in [0.3, 0.4) is 0 Å². The van der Waals surface area contributed by atoms with Crippen LogP contribution in [0.1, 0.15) is 42.6 Å². The zero-order valence-corrected chi connectivity index (χ0v) is 20.1. The van der Waals surface area contributed by atoms with Crippen LogP contribution in [-0.4, -0.2) is 35.2 Å². The number of nitrogens with zero attached hydrogens (tertiary/aromatic N) is 2. The Morgan fingerprint density at radius 2 is 1.62 bits per heavy atom. The van der Waals surface area contributed by atoms with Crippen LogP contribution in [0, 0.1) is 11.8 Å². The predicted octanol–water partition coefficient (Wildman–Crippen LogP) is 6.18. The number of hydrogen-bond donors (Lipinski definition) is 2. The van der Waals surface area contributed by atoms with Gasteiger partial charge in [0.1, 0.15) is 0 Å². The molecule has 0 bridgehead atoms. The van der Waals surface area contributed by atoms with Gasteiger partial charge in [-0.05, 0) is 55.5 Å². The zero-order chi connectivity index (χ0) is 26.6. The number of benzene rings is 1. The third-order valence-corrected chi connectivity index (χ3v) is 6.74. The van der Waals surface area contributed by atoms with Crippen molar-refractivity contribution in [3.8, 4) is 0 Å². The summed E-state index contributed by atoms with van der Waals surface area (Å²) in [4.78, 5) is 8.42. The van der Waals surface area contributed by atoms with E-state index < -0.39 is 29.6 Å². The highest BCUT2D eigenvalue weighted by Gasteiger charge is 2.38. The number of allylic oxidation sites excluding steroid dienone is 3. The maximum Gasteiger partial charge on any atom is 0.416 e. The first-order valence-electron chi connectivity index (χ1n) is 12.0. The van der Waals surface area contributed by atoms with Gasteiger partial charge in [-0.15, -0.1) is 0 Å². The normalized spacial score (nSPS) is 25.2. The Labute approximate surface area is 211 Å². The summed E-state index contributed by atoms with van der Waals surface area (Å²) in [6, 6.07) is 3.11. The van der Waals surface area contributed by atoms with E-state index in [1.54, 1.807) is 18.5 Å². The topological polar surface area (TPSA) is 59.1 Å². The molecule has 0 spiro atoms. The van der Waals surface area contributed by atoms with Crippen molar-refractivity contribution in [2.45, 2.75) is 50.3 Å². The first-order chi connectivity index (χ1) is 17.5. The molecule has 1 fully saturated rings. The first-order valence-corrected chi connectivity index (χ1v) is 12.0. The van der Waals surface area contributed by atoms with Gasteiger partial charge < -0.3 is 15.4 Å². The van der Waals surface area contributed by atoms with Crippen LogP contribution in [0.2, 0.25) is 0 Å². The Bertz CT molecular complexity index is 1070. The van der Waals surface area contributed by atoms with E-state index in [1.807, 2.05) is 12.2 Å². The number of fused-ring (bicyclic) bond motifs is 1. The van der Waals surface area contributed by atoms with E-state index in [9.17, 15) is 26.3 Å². The van der Waals surface area contributed by atoms with Crippen molar-refractivity contribution in [1.82, 2.24) is 15.3 Å². The summed E-state index contributed by atoms with van der Waals surface area (Å²) in [5.74, 6) is 0.781. The molecule has 2 aromatic rings. The van der Waals surface area contributed by atoms with Gasteiger partial charge in [-0.1, -0.05) is 24.3 Å². The van der Waals surface area contributed by atoms with Crippen LogP contribution < -0.4 is 10.6 Å². The first kappa shape index (κ1) is 27.1. The highest BCUT2D eigenvalue weighted by molar-refractivity contribution is 5.34. The average molecular weight is 527 g/mol. The molecule has 0 radical (unpaired) electrons. The van der Waals surface area contributed by atoms with Gasteiger partial charge in [0.25, 0.3) is 0 Å². The summed E-state index contributed by atoms with van der Waals surface area (Å²) in [6.07, 6.45) is 2.34. The molecule has 2 aliphatic rings. The molecule has 200 valence electrons. The minimum Gasteiger partial charge on any atom is -0.372 e. The fourth-order valence-electron chi connectivity index (χ4n) is 4.72. The molecule has 3 unspecified atom stereocenters. The number of anilines is 1. The van der Waals surface area contributed by atoms with Gasteiger partial charge in [0.05, 0.1) is 23.8 Å². The van der Waals surface area contributed by atoms with Gasteiger partial charge in [0.15, 0.2) is 0 Å². The highest BCUT2D eigenvalue weighted by Crippen LogP contribution is 2.38. The van der Waals surface area contributed by atoms with Gasteiger partial charge in [-0.25, -0.2) is 9.97 Å². The fourth-order valence-corrected chi connectivity index (χ4v) is 4.72. The molecule has 11 heteroatoms. The molecule has 4 rings (SSSR count). The van der Waals surface area contributed by atoms with Crippen LogP contribution >= 0.6 is 0 Å². The van der Waals surface area contributed by atoms with Gasteiger partial charge in [0, 0.05) is 36.9 Å². The summed E-state index contributed by atoms with van der Waals surface area (Å²) >= 11 is 0. The Kier molecular flexibility index (Phi) is 8.23. The number of ether oxygens (including phenoxy) is 1. The predicted molar refractivity (Wildman–Crippen MR) is 127 cm³/mol. The molecule has 5 nitrogen and oxygen atoms in total. The van der Waals surface area contributed by atoms with Crippen molar-refractivity contribution in [3.63, 3.8) is 0 Å². The van der Waals surface area contributed by atoms with Crippen molar-refractivity contribution in [2.75, 3.05) is 18.5 Å². The molecule has 2 N–H and O–H groups in total. The van der Waals surface area contributed by atoms with Gasteiger partial charge in [0.2, 0.25) is 5.95 Å². The molecule has 0 amide bonds. The number of halogens is 6. The monoisotopic (exact) mass is 526 g/mol. The van der Waals surface area contributed by atoms with Crippen LogP contribution in [0.25, 0.3) is 0 Å². The molecule has 5 atom stereocenters. The van der Waals surface area contributed by atoms with Gasteiger partial charge >= 0.3 is 12.4 Å². The molecule has 1 aromatic carbocycles. The highest BCUT2D eigenvalue weighted by atomic mass is 19.4. The van der Waals surface area contributed by atoms with E-state index in [-0.39, 0.29) is 42.2 Å². The molecule has 1 aliphatic heterocycles. The van der Waals surface area contributed by atoms with Crippen LogP contribution in [-0.2, 0) is 17.1 Å². The molecule has 2 heterocycles. The van der Waals surface area contributed by atoms with E-state index in [1.165, 1.54) is 6.92 Å². The second kappa shape index (κ2) is 11.2. The molecule has 1 aromatic heterocycles. The van der Waals surface area contributed by atoms with E-state index in [0.717, 1.165) is 25.0 Å². The summed E-state index contributed by atoms with van der Waals surface area (Å²) in [6.45, 7) is 2.12. The van der Waals surface area contributed by atoms with E-state index >= 15 is 0 Å². The number of aromatic nitrogens is 2. The number of alkyl halides is 6. The number of nitrogens with one attached hydrogen (secondary N) is 2.